The zero-order valence-electron chi connectivity index (χ0n) is 17.6. The van der Waals surface area contributed by atoms with Gasteiger partial charge in [-0.2, -0.15) is 0 Å². The van der Waals surface area contributed by atoms with Gasteiger partial charge in [-0.3, -0.25) is 4.79 Å². The van der Waals surface area contributed by atoms with Crippen LogP contribution in [0.4, 0.5) is 0 Å². The Labute approximate surface area is 182 Å². The van der Waals surface area contributed by atoms with E-state index in [2.05, 4.69) is 10.3 Å². The quantitative estimate of drug-likeness (QED) is 0.279. The summed E-state index contributed by atoms with van der Waals surface area (Å²) in [6, 6.07) is 15.7. The van der Waals surface area contributed by atoms with Crippen LogP contribution >= 0.6 is 0 Å². The Morgan fingerprint density at radius 2 is 1.77 bits per heavy atom. The largest absolute Gasteiger partial charge is 0.459 e. The van der Waals surface area contributed by atoms with Crippen LogP contribution in [0.3, 0.4) is 0 Å². The first-order valence-electron chi connectivity index (χ1n) is 10.6. The van der Waals surface area contributed by atoms with Gasteiger partial charge in [-0.1, -0.05) is 55.0 Å². The second kappa shape index (κ2) is 11.3. The minimum atomic E-state index is -0.837. The third kappa shape index (κ3) is 6.41. The lowest BCUT2D eigenvalue weighted by molar-refractivity contribution is -0.149. The summed E-state index contributed by atoms with van der Waals surface area (Å²) in [6.07, 6.45) is 4.24. The van der Waals surface area contributed by atoms with Crippen LogP contribution in [0.25, 0.3) is 10.9 Å². The van der Waals surface area contributed by atoms with Crippen LogP contribution in [0.15, 0.2) is 60.8 Å². The second-order valence-electron chi connectivity index (χ2n) is 7.61. The molecule has 0 fully saturated rings. The molecule has 3 rings (SSSR count). The topological polar surface area (TPSA) is 123 Å². The van der Waals surface area contributed by atoms with Gasteiger partial charge in [0.25, 0.3) is 0 Å². The summed E-state index contributed by atoms with van der Waals surface area (Å²) in [6.45, 7) is 0.700. The third-order valence-corrected chi connectivity index (χ3v) is 5.23. The monoisotopic (exact) mass is 422 g/mol. The van der Waals surface area contributed by atoms with Gasteiger partial charge in [0.05, 0.1) is 6.04 Å². The molecule has 0 unspecified atom stereocenters. The predicted octanol–water partition coefficient (Wildman–Crippen LogP) is 2.39. The molecule has 0 aliphatic rings. The molecule has 1 heterocycles. The van der Waals surface area contributed by atoms with Crippen molar-refractivity contribution < 1.29 is 14.3 Å². The summed E-state index contributed by atoms with van der Waals surface area (Å²) in [7, 11) is 0. The average Bonchev–Trinajstić information content (AvgIpc) is 3.20. The summed E-state index contributed by atoms with van der Waals surface area (Å²) < 4.78 is 5.51. The van der Waals surface area contributed by atoms with Gasteiger partial charge in [0.1, 0.15) is 12.6 Å². The van der Waals surface area contributed by atoms with E-state index in [1.807, 2.05) is 60.8 Å². The van der Waals surface area contributed by atoms with E-state index in [1.165, 1.54) is 0 Å². The van der Waals surface area contributed by atoms with Gasteiger partial charge in [-0.25, -0.2) is 4.79 Å². The van der Waals surface area contributed by atoms with E-state index in [4.69, 9.17) is 16.2 Å². The Hall–Kier alpha value is -3.16. The van der Waals surface area contributed by atoms with Crippen molar-refractivity contribution in [2.24, 2.45) is 11.5 Å². The van der Waals surface area contributed by atoms with Crippen molar-refractivity contribution in [1.29, 1.82) is 0 Å². The maximum atomic E-state index is 12.9. The molecule has 164 valence electrons. The van der Waals surface area contributed by atoms with Crippen LogP contribution in [0.5, 0.6) is 0 Å². The number of ether oxygens (including phenoxy) is 1. The molecule has 7 nitrogen and oxygen atoms in total. The molecule has 31 heavy (non-hydrogen) atoms. The Kier molecular flexibility index (Phi) is 8.20. The van der Waals surface area contributed by atoms with Crippen molar-refractivity contribution >= 4 is 22.8 Å². The molecule has 0 spiro atoms. The first kappa shape index (κ1) is 22.5. The number of hydrogen-bond donors (Lipinski definition) is 4. The summed E-state index contributed by atoms with van der Waals surface area (Å²) >= 11 is 0. The number of benzene rings is 2. The van der Waals surface area contributed by atoms with E-state index in [0.717, 1.165) is 34.9 Å². The fourth-order valence-corrected chi connectivity index (χ4v) is 3.46. The number of fused-ring (bicyclic) bond motifs is 1. The van der Waals surface area contributed by atoms with E-state index in [0.29, 0.717) is 19.4 Å². The molecule has 7 heteroatoms. The van der Waals surface area contributed by atoms with Gasteiger partial charge in [0, 0.05) is 23.5 Å². The number of esters is 1. The SMILES string of the molecule is NCCCC[C@@H](N)C(=O)N[C@@H](Cc1c[nH]c2ccccc12)C(=O)OCc1ccccc1. The first-order chi connectivity index (χ1) is 15.1. The highest BCUT2D eigenvalue weighted by Gasteiger charge is 2.26. The number of para-hydroxylation sites is 1. The molecule has 0 aliphatic carbocycles. The molecule has 0 bridgehead atoms. The Morgan fingerprint density at radius 3 is 2.55 bits per heavy atom. The standard InChI is InChI=1S/C24H30N4O3/c25-13-7-6-11-20(26)23(29)28-22(24(30)31-16-17-8-2-1-3-9-17)14-18-15-27-21-12-5-4-10-19(18)21/h1-5,8-10,12,15,20,22,27H,6-7,11,13-14,16,25-26H2,(H,28,29)/t20-,22+/m1/s1. The number of amides is 1. The van der Waals surface area contributed by atoms with Crippen molar-refractivity contribution in [1.82, 2.24) is 10.3 Å². The number of carbonyl (C=O) groups is 2. The minimum Gasteiger partial charge on any atom is -0.459 e. The van der Waals surface area contributed by atoms with Crippen molar-refractivity contribution in [3.8, 4) is 0 Å². The third-order valence-electron chi connectivity index (χ3n) is 5.23. The molecule has 6 N–H and O–H groups in total. The number of hydrogen-bond acceptors (Lipinski definition) is 5. The summed E-state index contributed by atoms with van der Waals surface area (Å²) in [5.41, 5.74) is 14.3. The Balaban J connectivity index is 1.71. The number of nitrogens with one attached hydrogen (secondary N) is 2. The first-order valence-corrected chi connectivity index (χ1v) is 10.6. The Bertz CT molecular complexity index is 987. The maximum Gasteiger partial charge on any atom is 0.329 e. The van der Waals surface area contributed by atoms with E-state index < -0.39 is 18.1 Å². The molecule has 3 aromatic rings. The van der Waals surface area contributed by atoms with Crippen LogP contribution in [-0.2, 0) is 27.4 Å². The molecule has 0 aliphatic heterocycles. The molecule has 2 atom stereocenters. The van der Waals surface area contributed by atoms with Gasteiger partial charge < -0.3 is 26.5 Å². The Morgan fingerprint density at radius 1 is 1.03 bits per heavy atom. The van der Waals surface area contributed by atoms with Crippen molar-refractivity contribution in [3.63, 3.8) is 0 Å². The van der Waals surface area contributed by atoms with Crippen LogP contribution in [-0.4, -0.2) is 35.5 Å². The number of carbonyl (C=O) groups excluding carboxylic acids is 2. The average molecular weight is 423 g/mol. The van der Waals surface area contributed by atoms with Crippen LogP contribution < -0.4 is 16.8 Å². The van der Waals surface area contributed by atoms with Gasteiger partial charge in [-0.15, -0.1) is 0 Å². The van der Waals surface area contributed by atoms with Crippen LogP contribution in [0, 0.1) is 0 Å². The molecule has 1 aromatic heterocycles. The molecule has 0 radical (unpaired) electrons. The highest BCUT2D eigenvalue weighted by atomic mass is 16.5. The van der Waals surface area contributed by atoms with Crippen molar-refractivity contribution in [2.75, 3.05) is 6.54 Å². The molecule has 0 saturated heterocycles. The lowest BCUT2D eigenvalue weighted by atomic mass is 10.0. The fraction of sp³-hybridized carbons (Fsp3) is 0.333. The summed E-state index contributed by atoms with van der Waals surface area (Å²) in [5, 5.41) is 3.80. The second-order valence-corrected chi connectivity index (χ2v) is 7.61. The highest BCUT2D eigenvalue weighted by Crippen LogP contribution is 2.19. The van der Waals surface area contributed by atoms with Gasteiger partial charge in [-0.05, 0) is 36.6 Å². The molecule has 2 aromatic carbocycles. The van der Waals surface area contributed by atoms with Crippen molar-refractivity contribution in [2.45, 2.75) is 44.4 Å². The summed E-state index contributed by atoms with van der Waals surface area (Å²) in [5.74, 6) is -0.852. The van der Waals surface area contributed by atoms with Gasteiger partial charge in [0.15, 0.2) is 0 Å². The number of nitrogens with two attached hydrogens (primary N) is 2. The number of H-pyrrole nitrogens is 1. The molecule has 1 amide bonds. The lowest BCUT2D eigenvalue weighted by Gasteiger charge is -2.20. The van der Waals surface area contributed by atoms with E-state index in [-0.39, 0.29) is 12.5 Å². The van der Waals surface area contributed by atoms with E-state index in [1.54, 1.807) is 0 Å². The zero-order valence-corrected chi connectivity index (χ0v) is 17.6. The lowest BCUT2D eigenvalue weighted by Crippen LogP contribution is -2.49. The normalized spacial score (nSPS) is 13.0. The van der Waals surface area contributed by atoms with E-state index in [9.17, 15) is 9.59 Å². The van der Waals surface area contributed by atoms with Gasteiger partial charge in [0.2, 0.25) is 5.91 Å². The van der Waals surface area contributed by atoms with Crippen molar-refractivity contribution in [3.05, 3.63) is 71.9 Å². The number of aromatic amines is 1. The minimum absolute atomic E-state index is 0.141. The summed E-state index contributed by atoms with van der Waals surface area (Å²) in [4.78, 5) is 28.7. The number of unbranched alkanes of at least 4 members (excludes halogenated alkanes) is 1. The molecular weight excluding hydrogens is 392 g/mol. The van der Waals surface area contributed by atoms with E-state index >= 15 is 0 Å². The fourth-order valence-electron chi connectivity index (χ4n) is 3.46. The van der Waals surface area contributed by atoms with Crippen LogP contribution in [0.1, 0.15) is 30.4 Å². The highest BCUT2D eigenvalue weighted by molar-refractivity contribution is 5.89. The number of rotatable bonds is 11. The molecular formula is C24H30N4O3. The maximum absolute atomic E-state index is 12.9. The van der Waals surface area contributed by atoms with Gasteiger partial charge >= 0.3 is 5.97 Å². The predicted molar refractivity (Wildman–Crippen MR) is 121 cm³/mol. The zero-order chi connectivity index (χ0) is 22.1. The van der Waals surface area contributed by atoms with Crippen LogP contribution in [0.2, 0.25) is 0 Å². The molecule has 0 saturated carbocycles. The smallest absolute Gasteiger partial charge is 0.329 e. The number of aromatic nitrogens is 1.